The summed E-state index contributed by atoms with van der Waals surface area (Å²) in [5, 5.41) is 0. The van der Waals surface area contributed by atoms with E-state index in [1.165, 1.54) is 12.8 Å². The first-order valence-corrected chi connectivity index (χ1v) is 5.50. The zero-order chi connectivity index (χ0) is 10.2. The van der Waals surface area contributed by atoms with Gasteiger partial charge in [-0.05, 0) is 33.1 Å². The normalized spacial score (nSPS) is 34.1. The molecule has 3 nitrogen and oxygen atoms in total. The number of carbonyl (C=O) groups excluding carboxylic acids is 1. The summed E-state index contributed by atoms with van der Waals surface area (Å²) in [6, 6.07) is 0.476. The SMILES string of the molecule is CC(C)(C=O)N1CCOC2CCCC21. The number of morpholine rings is 1. The Labute approximate surface area is 85.4 Å². The molecule has 1 heterocycles. The molecule has 80 valence electrons. The van der Waals surface area contributed by atoms with Gasteiger partial charge in [-0.15, -0.1) is 0 Å². The third kappa shape index (κ3) is 1.59. The van der Waals surface area contributed by atoms with E-state index in [9.17, 15) is 4.79 Å². The molecule has 0 amide bonds. The highest BCUT2D eigenvalue weighted by Crippen LogP contribution is 2.33. The van der Waals surface area contributed by atoms with Gasteiger partial charge in [-0.25, -0.2) is 0 Å². The molecule has 2 atom stereocenters. The number of aldehydes is 1. The minimum absolute atomic E-state index is 0.322. The Bertz CT molecular complexity index is 227. The summed E-state index contributed by atoms with van der Waals surface area (Å²) in [6.45, 7) is 5.67. The highest BCUT2D eigenvalue weighted by Gasteiger charge is 2.42. The van der Waals surface area contributed by atoms with Gasteiger partial charge in [0.15, 0.2) is 0 Å². The van der Waals surface area contributed by atoms with Crippen LogP contribution in [0.15, 0.2) is 0 Å². The van der Waals surface area contributed by atoms with Gasteiger partial charge in [0, 0.05) is 12.6 Å². The lowest BCUT2D eigenvalue weighted by Gasteiger charge is -2.44. The van der Waals surface area contributed by atoms with Crippen molar-refractivity contribution in [3.8, 4) is 0 Å². The molecule has 2 aliphatic rings. The first-order valence-electron chi connectivity index (χ1n) is 5.50. The van der Waals surface area contributed by atoms with E-state index in [0.717, 1.165) is 25.9 Å². The molecule has 1 saturated heterocycles. The van der Waals surface area contributed by atoms with Crippen molar-refractivity contribution < 1.29 is 9.53 Å². The van der Waals surface area contributed by atoms with E-state index in [4.69, 9.17) is 4.74 Å². The van der Waals surface area contributed by atoms with Crippen molar-refractivity contribution in [3.63, 3.8) is 0 Å². The van der Waals surface area contributed by atoms with Crippen LogP contribution < -0.4 is 0 Å². The Morgan fingerprint density at radius 1 is 1.43 bits per heavy atom. The lowest BCUT2D eigenvalue weighted by atomic mass is 9.99. The molecule has 0 aromatic heterocycles. The van der Waals surface area contributed by atoms with Crippen LogP contribution in [0.3, 0.4) is 0 Å². The number of hydrogen-bond donors (Lipinski definition) is 0. The smallest absolute Gasteiger partial charge is 0.139 e. The number of carbonyl (C=O) groups is 1. The molecule has 0 spiro atoms. The summed E-state index contributed by atoms with van der Waals surface area (Å²) in [5.74, 6) is 0. The van der Waals surface area contributed by atoms with Gasteiger partial charge in [0.05, 0.1) is 18.2 Å². The summed E-state index contributed by atoms with van der Waals surface area (Å²) in [6.07, 6.45) is 5.02. The van der Waals surface area contributed by atoms with Crippen LogP contribution in [0.1, 0.15) is 33.1 Å². The van der Waals surface area contributed by atoms with E-state index in [2.05, 4.69) is 4.90 Å². The van der Waals surface area contributed by atoms with Gasteiger partial charge in [0.1, 0.15) is 6.29 Å². The van der Waals surface area contributed by atoms with Gasteiger partial charge >= 0.3 is 0 Å². The van der Waals surface area contributed by atoms with Crippen molar-refractivity contribution in [2.75, 3.05) is 13.2 Å². The van der Waals surface area contributed by atoms with Crippen LogP contribution in [0.25, 0.3) is 0 Å². The van der Waals surface area contributed by atoms with Crippen LogP contribution in [-0.2, 0) is 9.53 Å². The molecule has 2 rings (SSSR count). The van der Waals surface area contributed by atoms with Gasteiger partial charge in [-0.1, -0.05) is 0 Å². The monoisotopic (exact) mass is 197 g/mol. The number of nitrogens with zero attached hydrogens (tertiary/aromatic N) is 1. The quantitative estimate of drug-likeness (QED) is 0.623. The molecule has 2 fully saturated rings. The highest BCUT2D eigenvalue weighted by molar-refractivity contribution is 5.62. The van der Waals surface area contributed by atoms with E-state index in [-0.39, 0.29) is 5.54 Å². The molecule has 1 saturated carbocycles. The van der Waals surface area contributed by atoms with E-state index < -0.39 is 0 Å². The number of rotatable bonds is 2. The topological polar surface area (TPSA) is 29.5 Å². The maximum Gasteiger partial charge on any atom is 0.139 e. The van der Waals surface area contributed by atoms with Crippen molar-refractivity contribution >= 4 is 6.29 Å². The second-order valence-corrected chi connectivity index (χ2v) is 4.87. The summed E-state index contributed by atoms with van der Waals surface area (Å²) in [5.41, 5.74) is -0.322. The van der Waals surface area contributed by atoms with Crippen LogP contribution in [-0.4, -0.2) is 42.0 Å². The second kappa shape index (κ2) is 3.63. The summed E-state index contributed by atoms with van der Waals surface area (Å²) >= 11 is 0. The van der Waals surface area contributed by atoms with Crippen molar-refractivity contribution in [1.82, 2.24) is 4.90 Å². The standard InChI is InChI=1S/C11H19NO2/c1-11(2,8-13)12-6-7-14-10-5-3-4-9(10)12/h8-10H,3-7H2,1-2H3. The molecular formula is C11H19NO2. The fraction of sp³-hybridized carbons (Fsp3) is 0.909. The zero-order valence-corrected chi connectivity index (χ0v) is 9.03. The van der Waals surface area contributed by atoms with E-state index in [1.807, 2.05) is 13.8 Å². The molecule has 2 unspecified atom stereocenters. The van der Waals surface area contributed by atoms with Gasteiger partial charge in [0.2, 0.25) is 0 Å². The Morgan fingerprint density at radius 3 is 2.93 bits per heavy atom. The number of hydrogen-bond acceptors (Lipinski definition) is 3. The average Bonchev–Trinajstić information content (AvgIpc) is 2.64. The average molecular weight is 197 g/mol. The first-order chi connectivity index (χ1) is 6.65. The van der Waals surface area contributed by atoms with Crippen LogP contribution in [0.2, 0.25) is 0 Å². The first kappa shape index (κ1) is 10.1. The number of fused-ring (bicyclic) bond motifs is 1. The minimum Gasteiger partial charge on any atom is -0.375 e. The van der Waals surface area contributed by atoms with Crippen molar-refractivity contribution in [3.05, 3.63) is 0 Å². The second-order valence-electron chi connectivity index (χ2n) is 4.87. The van der Waals surface area contributed by atoms with Crippen molar-refractivity contribution in [2.45, 2.75) is 50.8 Å². The molecule has 0 radical (unpaired) electrons. The van der Waals surface area contributed by atoms with Crippen molar-refractivity contribution in [1.29, 1.82) is 0 Å². The largest absolute Gasteiger partial charge is 0.375 e. The Morgan fingerprint density at radius 2 is 2.21 bits per heavy atom. The highest BCUT2D eigenvalue weighted by atomic mass is 16.5. The van der Waals surface area contributed by atoms with Gasteiger partial charge in [-0.3, -0.25) is 4.90 Å². The molecule has 0 N–H and O–H groups in total. The van der Waals surface area contributed by atoms with Crippen LogP contribution in [0.4, 0.5) is 0 Å². The van der Waals surface area contributed by atoms with Gasteiger partial charge in [-0.2, -0.15) is 0 Å². The molecule has 0 aromatic carbocycles. The fourth-order valence-electron chi connectivity index (χ4n) is 2.71. The zero-order valence-electron chi connectivity index (χ0n) is 9.03. The molecule has 1 aliphatic carbocycles. The maximum absolute atomic E-state index is 11.0. The Balaban J connectivity index is 2.14. The third-order valence-electron chi connectivity index (χ3n) is 3.51. The molecule has 3 heteroatoms. The molecule has 1 aliphatic heterocycles. The maximum atomic E-state index is 11.0. The molecular weight excluding hydrogens is 178 g/mol. The molecule has 0 aromatic rings. The van der Waals surface area contributed by atoms with Gasteiger partial charge in [0.25, 0.3) is 0 Å². The van der Waals surface area contributed by atoms with E-state index in [0.29, 0.717) is 12.1 Å². The van der Waals surface area contributed by atoms with Crippen molar-refractivity contribution in [2.24, 2.45) is 0 Å². The lowest BCUT2D eigenvalue weighted by Crippen LogP contribution is -2.58. The summed E-state index contributed by atoms with van der Waals surface area (Å²) in [4.78, 5) is 13.4. The van der Waals surface area contributed by atoms with E-state index in [1.54, 1.807) is 0 Å². The Kier molecular flexibility index (Phi) is 2.62. The minimum atomic E-state index is -0.322. The fourth-order valence-corrected chi connectivity index (χ4v) is 2.71. The number of ether oxygens (including phenoxy) is 1. The van der Waals surface area contributed by atoms with Gasteiger partial charge < -0.3 is 9.53 Å². The van der Waals surface area contributed by atoms with Crippen LogP contribution >= 0.6 is 0 Å². The molecule has 14 heavy (non-hydrogen) atoms. The predicted octanol–water partition coefficient (Wildman–Crippen LogP) is 1.22. The molecule has 0 bridgehead atoms. The lowest BCUT2D eigenvalue weighted by molar-refractivity contribution is -0.128. The third-order valence-corrected chi connectivity index (χ3v) is 3.51. The summed E-state index contributed by atoms with van der Waals surface area (Å²) < 4.78 is 5.71. The predicted molar refractivity (Wildman–Crippen MR) is 54.2 cm³/mol. The van der Waals surface area contributed by atoms with Crippen LogP contribution in [0, 0.1) is 0 Å². The van der Waals surface area contributed by atoms with Crippen LogP contribution in [0.5, 0.6) is 0 Å². The summed E-state index contributed by atoms with van der Waals surface area (Å²) in [7, 11) is 0. The Hall–Kier alpha value is -0.410. The van der Waals surface area contributed by atoms with E-state index >= 15 is 0 Å².